The number of nitrogens with zero attached hydrogens (tertiary/aromatic N) is 5. The third-order valence-corrected chi connectivity index (χ3v) is 11.1. The van der Waals surface area contributed by atoms with Gasteiger partial charge in [-0.05, 0) is 81.2 Å². The number of aromatic nitrogens is 2. The molecule has 1 amide bonds. The van der Waals surface area contributed by atoms with Crippen molar-refractivity contribution in [2.75, 3.05) is 55.0 Å². The number of amides is 1. The molecule has 52 heavy (non-hydrogen) atoms. The van der Waals surface area contributed by atoms with Crippen LogP contribution in [0.2, 0.25) is 0 Å². The van der Waals surface area contributed by atoms with Gasteiger partial charge in [0.15, 0.2) is 0 Å². The Labute approximate surface area is 302 Å². The minimum atomic E-state index is -1.10. The van der Waals surface area contributed by atoms with E-state index < -0.39 is 23.1 Å². The normalized spacial score (nSPS) is 21.7. The number of nitrogens with one attached hydrogen (secondary N) is 1. The Bertz CT molecular complexity index is 1940. The second-order valence-electron chi connectivity index (χ2n) is 14.3. The van der Waals surface area contributed by atoms with Gasteiger partial charge in [-0.3, -0.25) is 4.79 Å². The van der Waals surface area contributed by atoms with Crippen LogP contribution < -0.4 is 24.6 Å². The van der Waals surface area contributed by atoms with Crippen LogP contribution in [0, 0.1) is 24.0 Å². The quantitative estimate of drug-likeness (QED) is 0.184. The zero-order valence-corrected chi connectivity index (χ0v) is 29.6. The molecule has 0 unspecified atom stereocenters. The third-order valence-electron chi connectivity index (χ3n) is 11.1. The predicted octanol–water partition coefficient (Wildman–Crippen LogP) is 6.68. The van der Waals surface area contributed by atoms with Crippen LogP contribution in [0.15, 0.2) is 54.8 Å². The Kier molecular flexibility index (Phi) is 9.55. The van der Waals surface area contributed by atoms with Crippen molar-refractivity contribution in [1.29, 1.82) is 0 Å². The number of alkyl halides is 1. The molecule has 0 spiro atoms. The highest BCUT2D eigenvalue weighted by Crippen LogP contribution is 2.42. The van der Waals surface area contributed by atoms with Crippen molar-refractivity contribution in [2.24, 2.45) is 0 Å². The predicted molar refractivity (Wildman–Crippen MR) is 195 cm³/mol. The number of carbonyl (C=O) groups excluding carboxylic acids is 1. The average molecular weight is 713 g/mol. The fraction of sp³-hybridized carbons (Fsp3) is 0.425. The summed E-state index contributed by atoms with van der Waals surface area (Å²) in [5, 5.41) is 3.57. The van der Waals surface area contributed by atoms with Crippen molar-refractivity contribution in [3.05, 3.63) is 83.2 Å². The summed E-state index contributed by atoms with van der Waals surface area (Å²) in [4.78, 5) is 28.2. The van der Waals surface area contributed by atoms with Crippen LogP contribution in [-0.4, -0.2) is 77.9 Å². The molecule has 2 aromatic carbocycles. The Morgan fingerprint density at radius 3 is 2.69 bits per heavy atom. The van der Waals surface area contributed by atoms with Gasteiger partial charge in [-0.15, -0.1) is 6.42 Å². The smallest absolute Gasteiger partial charge is 0.319 e. The van der Waals surface area contributed by atoms with E-state index in [9.17, 15) is 18.0 Å². The van der Waals surface area contributed by atoms with Crippen LogP contribution in [-0.2, 0) is 11.2 Å². The number of benzene rings is 2. The van der Waals surface area contributed by atoms with E-state index in [4.69, 9.17) is 25.9 Å². The van der Waals surface area contributed by atoms with Gasteiger partial charge in [-0.25, -0.2) is 13.2 Å². The van der Waals surface area contributed by atoms with Gasteiger partial charge < -0.3 is 29.5 Å². The molecule has 2 atom stereocenters. The van der Waals surface area contributed by atoms with Gasteiger partial charge in [0.2, 0.25) is 5.91 Å². The summed E-state index contributed by atoms with van der Waals surface area (Å²) < 4.78 is 55.8. The second kappa shape index (κ2) is 14.1. The summed E-state index contributed by atoms with van der Waals surface area (Å²) in [6.45, 7) is 7.17. The van der Waals surface area contributed by atoms with Crippen LogP contribution in [0.3, 0.4) is 0 Å². The van der Waals surface area contributed by atoms with E-state index in [1.165, 1.54) is 24.3 Å². The van der Waals surface area contributed by atoms with Gasteiger partial charge >= 0.3 is 6.01 Å². The molecule has 2 aliphatic carbocycles. The Hall–Kier alpha value is -5.18. The number of hydrogen-bond donors (Lipinski definition) is 1. The number of allylic oxidation sites excluding steroid dienone is 1. The molecular formula is C40H43F3N6O3. The number of anilines is 3. The minimum absolute atomic E-state index is 0.0712. The molecule has 272 valence electrons. The fourth-order valence-electron chi connectivity index (χ4n) is 8.22. The first kappa shape index (κ1) is 35.2. The van der Waals surface area contributed by atoms with E-state index in [0.29, 0.717) is 61.2 Å². The fourth-order valence-corrected chi connectivity index (χ4v) is 8.22. The van der Waals surface area contributed by atoms with E-state index in [2.05, 4.69) is 17.8 Å². The molecule has 4 aliphatic rings. The summed E-state index contributed by atoms with van der Waals surface area (Å²) in [7, 11) is 1.82. The first-order valence-electron chi connectivity index (χ1n) is 17.8. The topological polar surface area (TPSA) is 83.1 Å². The maximum absolute atomic E-state index is 15.0. The number of halogens is 3. The number of ether oxygens (including phenoxy) is 2. The molecule has 1 N–H and O–H groups in total. The second-order valence-corrected chi connectivity index (χ2v) is 14.3. The number of rotatable bonds is 10. The summed E-state index contributed by atoms with van der Waals surface area (Å²) >= 11 is 0. The lowest BCUT2D eigenvalue weighted by Gasteiger charge is -2.39. The van der Waals surface area contributed by atoms with Crippen molar-refractivity contribution in [2.45, 2.75) is 69.1 Å². The number of carbonyl (C=O) groups is 1. The van der Waals surface area contributed by atoms with Gasteiger partial charge in [0.05, 0.1) is 28.9 Å². The Balaban J connectivity index is 1.24. The van der Waals surface area contributed by atoms with Gasteiger partial charge in [0, 0.05) is 43.5 Å². The zero-order chi connectivity index (χ0) is 36.6. The third kappa shape index (κ3) is 6.53. The van der Waals surface area contributed by atoms with Gasteiger partial charge in [0.25, 0.3) is 0 Å². The monoisotopic (exact) mass is 712 g/mol. The SMILES string of the molecule is C#Cc1c(F)ccc2c1N(C1=Cc3nc(OC[C@]4(C)C[C@@H](F)CN4c4ccc(F)cc4)nc(NCC4(N(C)C(=O)C=C)CCCC4)c3CC1)CCO2. The van der Waals surface area contributed by atoms with Crippen molar-refractivity contribution in [3.8, 4) is 24.1 Å². The number of likely N-dealkylation sites (N-methyl/N-ethyl adjacent to an activating group) is 1. The highest BCUT2D eigenvalue weighted by Gasteiger charge is 2.44. The molecule has 1 saturated heterocycles. The van der Waals surface area contributed by atoms with E-state index >= 15 is 0 Å². The Morgan fingerprint density at radius 1 is 1.19 bits per heavy atom. The molecule has 0 bridgehead atoms. The molecule has 9 nitrogen and oxygen atoms in total. The first-order valence-corrected chi connectivity index (χ1v) is 17.8. The van der Waals surface area contributed by atoms with Crippen molar-refractivity contribution >= 4 is 29.2 Å². The lowest BCUT2D eigenvalue weighted by Crippen LogP contribution is -2.51. The lowest BCUT2D eigenvalue weighted by atomic mass is 9.94. The van der Waals surface area contributed by atoms with Crippen LogP contribution in [0.4, 0.5) is 30.4 Å². The van der Waals surface area contributed by atoms with Crippen LogP contribution in [0.1, 0.15) is 62.3 Å². The van der Waals surface area contributed by atoms with Gasteiger partial charge in [0.1, 0.15) is 48.3 Å². The summed E-state index contributed by atoms with van der Waals surface area (Å²) in [5.41, 5.74) is 2.57. The van der Waals surface area contributed by atoms with Crippen LogP contribution in [0.5, 0.6) is 11.8 Å². The van der Waals surface area contributed by atoms with E-state index in [1.807, 2.05) is 29.8 Å². The summed E-state index contributed by atoms with van der Waals surface area (Å²) in [5.74, 6) is 2.61. The molecule has 7 rings (SSSR count). The highest BCUT2D eigenvalue weighted by atomic mass is 19.1. The average Bonchev–Trinajstić information content (AvgIpc) is 3.76. The summed E-state index contributed by atoms with van der Waals surface area (Å²) in [6, 6.07) is 9.03. The van der Waals surface area contributed by atoms with E-state index in [1.54, 1.807) is 23.1 Å². The van der Waals surface area contributed by atoms with E-state index in [-0.39, 0.29) is 42.9 Å². The zero-order valence-electron chi connectivity index (χ0n) is 29.6. The van der Waals surface area contributed by atoms with Crippen molar-refractivity contribution in [3.63, 3.8) is 0 Å². The van der Waals surface area contributed by atoms with Gasteiger partial charge in [-0.2, -0.15) is 9.97 Å². The minimum Gasteiger partial charge on any atom is -0.489 e. The van der Waals surface area contributed by atoms with Crippen molar-refractivity contribution in [1.82, 2.24) is 14.9 Å². The summed E-state index contributed by atoms with van der Waals surface area (Å²) in [6.07, 6.45) is 13.0. The standard InChI is InChI=1S/C40H43F3N6O3/c1-5-30-32(43)15-16-34-36(30)48(19-20-51-34)29-13-14-31-33(21-29)45-38(46-37(31)44-24-40(17-7-8-18-40)47(4)35(50)6-2)52-25-39(3)22-27(42)23-49(39)28-11-9-26(41)10-12-28/h1,6,9-12,15-16,21,27H,2,7-8,13-14,17-20,22-25H2,3-4H3,(H,44,45,46)/t27-,39+/m1/s1. The van der Waals surface area contributed by atoms with Crippen molar-refractivity contribution < 1.29 is 27.4 Å². The molecule has 2 fully saturated rings. The molecule has 3 heterocycles. The highest BCUT2D eigenvalue weighted by molar-refractivity contribution is 5.87. The molecular weight excluding hydrogens is 669 g/mol. The molecule has 3 aromatic rings. The number of fused-ring (bicyclic) bond motifs is 2. The molecule has 2 aliphatic heterocycles. The number of hydrogen-bond acceptors (Lipinski definition) is 8. The van der Waals surface area contributed by atoms with Gasteiger partial charge in [-0.1, -0.05) is 25.3 Å². The maximum Gasteiger partial charge on any atom is 0.319 e. The molecule has 1 saturated carbocycles. The largest absolute Gasteiger partial charge is 0.489 e. The van der Waals surface area contributed by atoms with E-state index in [0.717, 1.165) is 36.9 Å². The molecule has 12 heteroatoms. The Morgan fingerprint density at radius 2 is 1.96 bits per heavy atom. The molecule has 0 radical (unpaired) electrons. The maximum atomic E-state index is 15.0. The van der Waals surface area contributed by atoms with Crippen LogP contribution >= 0.6 is 0 Å². The number of terminal acetylenes is 1. The van der Waals surface area contributed by atoms with Crippen LogP contribution in [0.25, 0.3) is 6.08 Å². The first-order chi connectivity index (χ1) is 25.0. The lowest BCUT2D eigenvalue weighted by molar-refractivity contribution is -0.129. The molecule has 1 aromatic heterocycles.